The van der Waals surface area contributed by atoms with E-state index in [0.717, 1.165) is 12.8 Å². The van der Waals surface area contributed by atoms with E-state index in [0.29, 0.717) is 5.92 Å². The third kappa shape index (κ3) is 1.70. The molecule has 1 fully saturated rings. The lowest BCUT2D eigenvalue weighted by atomic mass is 9.99. The summed E-state index contributed by atoms with van der Waals surface area (Å²) < 4.78 is -1.04. The van der Waals surface area contributed by atoms with Gasteiger partial charge in [-0.25, -0.2) is 0 Å². The molecule has 0 aromatic heterocycles. The Morgan fingerprint density at radius 3 is 2.36 bits per heavy atom. The maximum Gasteiger partial charge on any atom is 0.513 e. The average molecular weight is 159 g/mol. The van der Waals surface area contributed by atoms with Gasteiger partial charge in [0.05, 0.1) is 13.1 Å². The van der Waals surface area contributed by atoms with Gasteiger partial charge in [-0.2, -0.15) is 4.79 Å². The fourth-order valence-corrected chi connectivity index (χ4v) is 1.31. The minimum atomic E-state index is -1.24. The lowest BCUT2D eigenvalue weighted by Crippen LogP contribution is -2.51. The lowest BCUT2D eigenvalue weighted by Gasteiger charge is -2.41. The lowest BCUT2D eigenvalue weighted by molar-refractivity contribution is -0.814. The Bertz CT molecular complexity index is 161. The SMILES string of the molecule is CC1CC[N+]([O-])(C(=O)O)CC1. The van der Waals surface area contributed by atoms with Gasteiger partial charge in [-0.3, -0.25) is 4.65 Å². The van der Waals surface area contributed by atoms with E-state index < -0.39 is 10.7 Å². The van der Waals surface area contributed by atoms with Gasteiger partial charge in [0.1, 0.15) is 0 Å². The van der Waals surface area contributed by atoms with E-state index in [1.807, 2.05) is 6.92 Å². The van der Waals surface area contributed by atoms with Crippen LogP contribution in [0.2, 0.25) is 0 Å². The number of likely N-dealkylation sites (tertiary alicyclic amines) is 1. The highest BCUT2D eigenvalue weighted by Crippen LogP contribution is 2.21. The molecule has 0 bridgehead atoms. The van der Waals surface area contributed by atoms with Gasteiger partial charge in [-0.15, -0.1) is 0 Å². The molecule has 0 aromatic rings. The Morgan fingerprint density at radius 2 is 2.00 bits per heavy atom. The first-order valence-electron chi connectivity index (χ1n) is 3.86. The maximum absolute atomic E-state index is 11.3. The number of rotatable bonds is 0. The van der Waals surface area contributed by atoms with Gasteiger partial charge in [-0.05, 0) is 5.92 Å². The summed E-state index contributed by atoms with van der Waals surface area (Å²) in [7, 11) is 0. The van der Waals surface area contributed by atoms with E-state index in [9.17, 15) is 10.0 Å². The van der Waals surface area contributed by atoms with Crippen molar-refractivity contribution in [3.63, 3.8) is 0 Å². The van der Waals surface area contributed by atoms with Crippen molar-refractivity contribution in [3.8, 4) is 0 Å². The number of carboxylic acid groups (broad SMARTS) is 1. The molecule has 0 unspecified atom stereocenters. The highest BCUT2D eigenvalue weighted by atomic mass is 16.6. The molecular weight excluding hydrogens is 146 g/mol. The van der Waals surface area contributed by atoms with Crippen molar-refractivity contribution in [3.05, 3.63) is 5.21 Å². The molecule has 0 aliphatic carbocycles. The molecule has 0 atom stereocenters. The molecule has 1 rings (SSSR count). The largest absolute Gasteiger partial charge is 0.622 e. The van der Waals surface area contributed by atoms with Gasteiger partial charge in [0.2, 0.25) is 0 Å². The number of hydrogen-bond acceptors (Lipinski definition) is 2. The summed E-state index contributed by atoms with van der Waals surface area (Å²) >= 11 is 0. The Kier molecular flexibility index (Phi) is 2.15. The smallest absolute Gasteiger partial charge is 0.513 e. The van der Waals surface area contributed by atoms with Crippen LogP contribution in [0.1, 0.15) is 19.8 Å². The van der Waals surface area contributed by atoms with Crippen LogP contribution in [0.3, 0.4) is 0 Å². The molecular formula is C7H13NO3. The topological polar surface area (TPSA) is 60.4 Å². The van der Waals surface area contributed by atoms with Gasteiger partial charge < -0.3 is 10.3 Å². The van der Waals surface area contributed by atoms with Crippen LogP contribution in [-0.4, -0.2) is 28.9 Å². The molecule has 0 radical (unpaired) electrons. The highest BCUT2D eigenvalue weighted by molar-refractivity contribution is 5.57. The fraction of sp³-hybridized carbons (Fsp3) is 0.857. The average Bonchev–Trinajstić information content (AvgIpc) is 1.95. The van der Waals surface area contributed by atoms with E-state index in [-0.39, 0.29) is 13.1 Å². The van der Waals surface area contributed by atoms with Crippen LogP contribution in [0.4, 0.5) is 4.79 Å². The summed E-state index contributed by atoms with van der Waals surface area (Å²) in [5, 5.41) is 19.8. The van der Waals surface area contributed by atoms with E-state index in [1.54, 1.807) is 0 Å². The van der Waals surface area contributed by atoms with Crippen LogP contribution in [0.25, 0.3) is 0 Å². The van der Waals surface area contributed by atoms with Crippen molar-refractivity contribution in [1.29, 1.82) is 0 Å². The molecule has 64 valence electrons. The first kappa shape index (κ1) is 8.49. The summed E-state index contributed by atoms with van der Waals surface area (Å²) in [5.74, 6) is 0.509. The van der Waals surface area contributed by atoms with Crippen molar-refractivity contribution in [2.24, 2.45) is 5.92 Å². The predicted octanol–water partition coefficient (Wildman–Crippen LogP) is 1.41. The van der Waals surface area contributed by atoms with Crippen molar-refractivity contribution in [1.82, 2.24) is 0 Å². The number of quaternary nitrogens is 1. The standard InChI is InChI=1S/C7H13NO3/c1-6-2-4-8(11,5-3-6)7(9)10/h6H,2-5H2,1H3,(H,9,10). The molecule has 11 heavy (non-hydrogen) atoms. The number of nitrogens with zero attached hydrogens (tertiary/aromatic N) is 1. The minimum absolute atomic E-state index is 0.233. The van der Waals surface area contributed by atoms with Crippen molar-refractivity contribution in [2.45, 2.75) is 19.8 Å². The summed E-state index contributed by atoms with van der Waals surface area (Å²) in [6.45, 7) is 2.51. The molecule has 1 heterocycles. The molecule has 4 heteroatoms. The van der Waals surface area contributed by atoms with Crippen molar-refractivity contribution >= 4 is 6.09 Å². The predicted molar refractivity (Wildman–Crippen MR) is 39.8 cm³/mol. The molecule has 1 amide bonds. The molecule has 1 aliphatic rings. The van der Waals surface area contributed by atoms with E-state index in [2.05, 4.69) is 0 Å². The summed E-state index contributed by atoms with van der Waals surface area (Å²) in [6, 6.07) is 0. The molecule has 1 aliphatic heterocycles. The monoisotopic (exact) mass is 159 g/mol. The zero-order valence-corrected chi connectivity index (χ0v) is 6.62. The van der Waals surface area contributed by atoms with Gasteiger partial charge in [-0.1, -0.05) is 6.92 Å². The van der Waals surface area contributed by atoms with Gasteiger partial charge in [0.15, 0.2) is 0 Å². The second-order valence-corrected chi connectivity index (χ2v) is 3.30. The Balaban J connectivity index is 2.55. The Morgan fingerprint density at radius 1 is 1.55 bits per heavy atom. The molecule has 0 saturated carbocycles. The summed E-state index contributed by atoms with van der Waals surface area (Å²) in [6.07, 6.45) is 0.225. The van der Waals surface area contributed by atoms with Crippen molar-refractivity contribution in [2.75, 3.05) is 13.1 Å². The maximum atomic E-state index is 11.3. The Hall–Kier alpha value is -0.610. The molecule has 0 aromatic carbocycles. The van der Waals surface area contributed by atoms with Crippen LogP contribution in [0, 0.1) is 11.1 Å². The normalized spacial score (nSPS) is 38.5. The molecule has 1 saturated heterocycles. The highest BCUT2D eigenvalue weighted by Gasteiger charge is 2.31. The van der Waals surface area contributed by atoms with E-state index >= 15 is 0 Å². The number of carbonyl (C=O) groups is 1. The van der Waals surface area contributed by atoms with E-state index in [4.69, 9.17) is 5.11 Å². The second kappa shape index (κ2) is 2.79. The zero-order chi connectivity index (χ0) is 8.48. The van der Waals surface area contributed by atoms with E-state index in [1.165, 1.54) is 0 Å². The first-order chi connectivity index (χ1) is 5.04. The number of amides is 1. The van der Waals surface area contributed by atoms with Crippen molar-refractivity contribution < 1.29 is 14.5 Å². The molecule has 0 spiro atoms. The summed E-state index contributed by atoms with van der Waals surface area (Å²) in [5.41, 5.74) is 0. The van der Waals surface area contributed by atoms with Crippen LogP contribution in [0.5, 0.6) is 0 Å². The van der Waals surface area contributed by atoms with Gasteiger partial charge in [0, 0.05) is 12.8 Å². The number of hydrogen-bond donors (Lipinski definition) is 1. The number of hydroxylamine groups is 3. The molecule has 4 nitrogen and oxygen atoms in total. The molecule has 1 N–H and O–H groups in total. The van der Waals surface area contributed by atoms with Gasteiger partial charge >= 0.3 is 6.09 Å². The quantitative estimate of drug-likeness (QED) is 0.429. The second-order valence-electron chi connectivity index (χ2n) is 3.30. The number of piperidine rings is 1. The van der Waals surface area contributed by atoms with Gasteiger partial charge in [0.25, 0.3) is 0 Å². The first-order valence-corrected chi connectivity index (χ1v) is 3.86. The third-order valence-corrected chi connectivity index (χ3v) is 2.31. The zero-order valence-electron chi connectivity index (χ0n) is 6.62. The van der Waals surface area contributed by atoms with Crippen LogP contribution in [-0.2, 0) is 0 Å². The third-order valence-electron chi connectivity index (χ3n) is 2.31. The van der Waals surface area contributed by atoms with Crippen LogP contribution >= 0.6 is 0 Å². The van der Waals surface area contributed by atoms with Crippen LogP contribution in [0.15, 0.2) is 0 Å². The Labute approximate surface area is 65.6 Å². The van der Waals surface area contributed by atoms with Crippen LogP contribution < -0.4 is 0 Å². The summed E-state index contributed by atoms with van der Waals surface area (Å²) in [4.78, 5) is 10.4. The minimum Gasteiger partial charge on any atom is -0.622 e. The fourth-order valence-electron chi connectivity index (χ4n) is 1.31.